The molecule has 19 heavy (non-hydrogen) atoms. The molecular weight excluding hydrogens is 308 g/mol. The second-order valence-corrected chi connectivity index (χ2v) is 5.73. The van der Waals surface area contributed by atoms with E-state index in [1.807, 2.05) is 16.8 Å². The SMILES string of the molecule is CC(C)n1cc(Br)cc1C(=O)N(C)Cc1cn[nH]c1. The summed E-state index contributed by atoms with van der Waals surface area (Å²) in [5.41, 5.74) is 1.67. The van der Waals surface area contributed by atoms with Gasteiger partial charge >= 0.3 is 0 Å². The Morgan fingerprint density at radius 1 is 1.58 bits per heavy atom. The van der Waals surface area contributed by atoms with Gasteiger partial charge in [-0.25, -0.2) is 0 Å². The molecule has 0 aliphatic heterocycles. The topological polar surface area (TPSA) is 53.9 Å². The summed E-state index contributed by atoms with van der Waals surface area (Å²) in [6, 6.07) is 2.10. The molecule has 0 fully saturated rings. The first-order valence-electron chi connectivity index (χ1n) is 6.09. The number of nitrogens with one attached hydrogen (secondary N) is 1. The van der Waals surface area contributed by atoms with Crippen molar-refractivity contribution in [2.75, 3.05) is 7.05 Å². The van der Waals surface area contributed by atoms with Crippen LogP contribution in [0.4, 0.5) is 0 Å². The lowest BCUT2D eigenvalue weighted by Crippen LogP contribution is -2.28. The molecule has 0 bridgehead atoms. The van der Waals surface area contributed by atoms with Crippen LogP contribution in [0.2, 0.25) is 0 Å². The van der Waals surface area contributed by atoms with Crippen molar-refractivity contribution in [3.8, 4) is 0 Å². The van der Waals surface area contributed by atoms with E-state index in [2.05, 4.69) is 40.0 Å². The number of hydrogen-bond donors (Lipinski definition) is 1. The highest BCUT2D eigenvalue weighted by molar-refractivity contribution is 9.10. The van der Waals surface area contributed by atoms with Crippen molar-refractivity contribution >= 4 is 21.8 Å². The van der Waals surface area contributed by atoms with Crippen LogP contribution in [0.5, 0.6) is 0 Å². The van der Waals surface area contributed by atoms with Gasteiger partial charge in [0.25, 0.3) is 5.91 Å². The lowest BCUT2D eigenvalue weighted by Gasteiger charge is -2.19. The number of aromatic amines is 1. The molecule has 0 unspecified atom stereocenters. The molecule has 2 rings (SSSR count). The third-order valence-electron chi connectivity index (χ3n) is 2.91. The van der Waals surface area contributed by atoms with Crippen LogP contribution in [0.3, 0.4) is 0 Å². The molecule has 0 spiro atoms. The third kappa shape index (κ3) is 3.07. The van der Waals surface area contributed by atoms with E-state index in [9.17, 15) is 4.79 Å². The number of rotatable bonds is 4. The predicted octanol–water partition coefficient (Wildman–Crippen LogP) is 2.83. The highest BCUT2D eigenvalue weighted by Crippen LogP contribution is 2.21. The van der Waals surface area contributed by atoms with Gasteiger partial charge in [-0.15, -0.1) is 0 Å². The number of halogens is 1. The van der Waals surface area contributed by atoms with Gasteiger partial charge < -0.3 is 9.47 Å². The zero-order valence-corrected chi connectivity index (χ0v) is 12.8. The summed E-state index contributed by atoms with van der Waals surface area (Å²) < 4.78 is 2.89. The van der Waals surface area contributed by atoms with Gasteiger partial charge in [-0.2, -0.15) is 5.10 Å². The molecular formula is C13H17BrN4O. The van der Waals surface area contributed by atoms with E-state index in [0.29, 0.717) is 12.2 Å². The number of hydrogen-bond acceptors (Lipinski definition) is 2. The van der Waals surface area contributed by atoms with E-state index in [4.69, 9.17) is 0 Å². The lowest BCUT2D eigenvalue weighted by atomic mass is 10.3. The Morgan fingerprint density at radius 2 is 2.32 bits per heavy atom. The zero-order chi connectivity index (χ0) is 14.0. The number of H-pyrrole nitrogens is 1. The second-order valence-electron chi connectivity index (χ2n) is 4.81. The molecule has 0 saturated heterocycles. The fourth-order valence-electron chi connectivity index (χ4n) is 1.95. The molecule has 0 aliphatic rings. The molecule has 2 aromatic heterocycles. The molecule has 1 amide bonds. The van der Waals surface area contributed by atoms with Crippen LogP contribution >= 0.6 is 15.9 Å². The number of carbonyl (C=O) groups excluding carboxylic acids is 1. The first-order chi connectivity index (χ1) is 8.99. The van der Waals surface area contributed by atoms with E-state index in [1.54, 1.807) is 24.3 Å². The Kier molecular flexibility index (Phi) is 4.09. The van der Waals surface area contributed by atoms with Crippen molar-refractivity contribution in [2.45, 2.75) is 26.4 Å². The average molecular weight is 325 g/mol. The molecule has 6 heteroatoms. The highest BCUT2D eigenvalue weighted by Gasteiger charge is 2.18. The molecule has 0 saturated carbocycles. The van der Waals surface area contributed by atoms with Crippen molar-refractivity contribution in [1.82, 2.24) is 19.7 Å². The quantitative estimate of drug-likeness (QED) is 0.940. The molecule has 102 valence electrons. The van der Waals surface area contributed by atoms with Crippen LogP contribution in [-0.2, 0) is 6.54 Å². The standard InChI is InChI=1S/C13H17BrN4O/c1-9(2)18-8-11(14)4-12(18)13(19)17(3)7-10-5-15-16-6-10/h4-6,8-9H,7H2,1-3H3,(H,15,16). The predicted molar refractivity (Wildman–Crippen MR) is 76.9 cm³/mol. The van der Waals surface area contributed by atoms with Crippen molar-refractivity contribution < 1.29 is 4.79 Å². The maximum absolute atomic E-state index is 12.5. The summed E-state index contributed by atoms with van der Waals surface area (Å²) in [5, 5.41) is 6.63. The van der Waals surface area contributed by atoms with Crippen LogP contribution in [0.25, 0.3) is 0 Å². The van der Waals surface area contributed by atoms with Gasteiger partial charge in [0.2, 0.25) is 0 Å². The molecule has 1 N–H and O–H groups in total. The van der Waals surface area contributed by atoms with E-state index in [0.717, 1.165) is 10.0 Å². The number of nitrogens with zero attached hydrogens (tertiary/aromatic N) is 3. The van der Waals surface area contributed by atoms with Crippen molar-refractivity contribution in [2.24, 2.45) is 0 Å². The lowest BCUT2D eigenvalue weighted by molar-refractivity contribution is 0.0773. The van der Waals surface area contributed by atoms with Crippen LogP contribution in [0.1, 0.15) is 35.9 Å². The molecule has 2 aromatic rings. The van der Waals surface area contributed by atoms with Crippen molar-refractivity contribution in [1.29, 1.82) is 0 Å². The van der Waals surface area contributed by atoms with Crippen LogP contribution in [0.15, 0.2) is 29.1 Å². The number of carbonyl (C=O) groups is 1. The van der Waals surface area contributed by atoms with Gasteiger partial charge in [-0.1, -0.05) is 0 Å². The Morgan fingerprint density at radius 3 is 2.89 bits per heavy atom. The Hall–Kier alpha value is -1.56. The van der Waals surface area contributed by atoms with Crippen LogP contribution in [-0.4, -0.2) is 32.6 Å². The molecule has 2 heterocycles. The summed E-state index contributed by atoms with van der Waals surface area (Å²) in [4.78, 5) is 14.1. The minimum atomic E-state index is 0.000556. The van der Waals surface area contributed by atoms with E-state index < -0.39 is 0 Å². The zero-order valence-electron chi connectivity index (χ0n) is 11.2. The molecule has 0 atom stereocenters. The first kappa shape index (κ1) is 13.9. The third-order valence-corrected chi connectivity index (χ3v) is 3.35. The molecule has 0 aromatic carbocycles. The van der Waals surface area contributed by atoms with Gasteiger partial charge in [-0.05, 0) is 35.8 Å². The van der Waals surface area contributed by atoms with Gasteiger partial charge in [0.15, 0.2) is 0 Å². The Bertz CT molecular complexity index is 559. The van der Waals surface area contributed by atoms with Crippen LogP contribution in [0, 0.1) is 0 Å². The van der Waals surface area contributed by atoms with Gasteiger partial charge in [0, 0.05) is 42.1 Å². The fourth-order valence-corrected chi connectivity index (χ4v) is 2.39. The number of amides is 1. The molecule has 0 aliphatic carbocycles. The normalized spacial score (nSPS) is 11.0. The van der Waals surface area contributed by atoms with E-state index in [1.165, 1.54) is 0 Å². The Labute approximate surface area is 120 Å². The largest absolute Gasteiger partial charge is 0.340 e. The summed E-state index contributed by atoms with van der Waals surface area (Å²) >= 11 is 3.42. The van der Waals surface area contributed by atoms with E-state index >= 15 is 0 Å². The van der Waals surface area contributed by atoms with Gasteiger partial charge in [0.05, 0.1) is 6.20 Å². The van der Waals surface area contributed by atoms with Crippen molar-refractivity contribution in [3.05, 3.63) is 40.4 Å². The second kappa shape index (κ2) is 5.61. The highest BCUT2D eigenvalue weighted by atomic mass is 79.9. The Balaban J connectivity index is 2.19. The summed E-state index contributed by atoms with van der Waals surface area (Å²) in [6.45, 7) is 4.65. The molecule has 5 nitrogen and oxygen atoms in total. The van der Waals surface area contributed by atoms with Gasteiger partial charge in [-0.3, -0.25) is 9.89 Å². The minimum absolute atomic E-state index is 0.000556. The molecule has 0 radical (unpaired) electrons. The van der Waals surface area contributed by atoms with Crippen molar-refractivity contribution in [3.63, 3.8) is 0 Å². The summed E-state index contributed by atoms with van der Waals surface area (Å²) in [6.07, 6.45) is 5.45. The maximum Gasteiger partial charge on any atom is 0.270 e. The number of aromatic nitrogens is 3. The fraction of sp³-hybridized carbons (Fsp3) is 0.385. The average Bonchev–Trinajstić information content (AvgIpc) is 2.97. The van der Waals surface area contributed by atoms with Crippen LogP contribution < -0.4 is 0 Å². The first-order valence-corrected chi connectivity index (χ1v) is 6.89. The van der Waals surface area contributed by atoms with Gasteiger partial charge in [0.1, 0.15) is 5.69 Å². The van der Waals surface area contributed by atoms with E-state index in [-0.39, 0.29) is 11.9 Å². The monoisotopic (exact) mass is 324 g/mol. The summed E-state index contributed by atoms with van der Waals surface area (Å²) in [7, 11) is 1.79. The minimum Gasteiger partial charge on any atom is -0.340 e. The smallest absolute Gasteiger partial charge is 0.270 e. The summed E-state index contributed by atoms with van der Waals surface area (Å²) in [5.74, 6) is 0.000556. The maximum atomic E-state index is 12.5.